The van der Waals surface area contributed by atoms with Gasteiger partial charge in [0.2, 0.25) is 5.89 Å². The molecule has 0 saturated carbocycles. The molecule has 8 nitrogen and oxygen atoms in total. The van der Waals surface area contributed by atoms with Crippen molar-refractivity contribution >= 4 is 29.2 Å². The van der Waals surface area contributed by atoms with E-state index in [-0.39, 0.29) is 41.1 Å². The second-order valence-corrected chi connectivity index (χ2v) is 6.02. The smallest absolute Gasteiger partial charge is 0.408 e. The summed E-state index contributed by atoms with van der Waals surface area (Å²) >= 11 is 6.14. The van der Waals surface area contributed by atoms with Crippen molar-refractivity contribution in [3.8, 4) is 0 Å². The van der Waals surface area contributed by atoms with Crippen molar-refractivity contribution in [3.63, 3.8) is 0 Å². The number of hydrogen-bond acceptors (Lipinski definition) is 7. The third kappa shape index (κ3) is 5.42. The van der Waals surface area contributed by atoms with Crippen LogP contribution in [-0.2, 0) is 17.6 Å². The van der Waals surface area contributed by atoms with Gasteiger partial charge in [0.25, 0.3) is 5.91 Å². The van der Waals surface area contributed by atoms with Crippen LogP contribution in [-0.4, -0.2) is 35.5 Å². The van der Waals surface area contributed by atoms with Crippen molar-refractivity contribution in [2.45, 2.75) is 26.6 Å². The van der Waals surface area contributed by atoms with Crippen LogP contribution in [0, 0.1) is 6.92 Å². The number of anilines is 1. The second kappa shape index (κ2) is 9.02. The lowest BCUT2D eigenvalue weighted by Gasteiger charge is -2.17. The monoisotopic (exact) mass is 419 g/mol. The molecule has 28 heavy (non-hydrogen) atoms. The standard InChI is InChI=1S/C16H17ClF3N5O3/c1-8(25-27-3)6-21-7-11-12(16(18,19)20)5-4-10(13(11)17)14(26)22-15-24-23-9(2)28-15/h4-5,21H,6-7H2,1-3H3,(H,22,24,26)/b25-8+. The van der Waals surface area contributed by atoms with E-state index < -0.39 is 17.6 Å². The first kappa shape index (κ1) is 21.6. The van der Waals surface area contributed by atoms with Crippen LogP contribution in [0.5, 0.6) is 0 Å². The molecule has 0 spiro atoms. The van der Waals surface area contributed by atoms with Crippen molar-refractivity contribution < 1.29 is 27.2 Å². The van der Waals surface area contributed by atoms with Gasteiger partial charge in [-0.3, -0.25) is 10.1 Å². The molecule has 0 fully saturated rings. The van der Waals surface area contributed by atoms with Gasteiger partial charge in [-0.05, 0) is 24.6 Å². The summed E-state index contributed by atoms with van der Waals surface area (Å²) in [6, 6.07) is 1.60. The zero-order valence-corrected chi connectivity index (χ0v) is 15.9. The number of amides is 1. The molecule has 0 radical (unpaired) electrons. The molecule has 0 saturated heterocycles. The highest BCUT2D eigenvalue weighted by atomic mass is 35.5. The Bertz CT molecular complexity index is 883. The number of nitrogens with zero attached hydrogens (tertiary/aromatic N) is 3. The van der Waals surface area contributed by atoms with Crippen molar-refractivity contribution in [1.29, 1.82) is 0 Å². The first-order chi connectivity index (χ1) is 13.1. The topological polar surface area (TPSA) is 102 Å². The maximum absolute atomic E-state index is 13.4. The molecule has 1 amide bonds. The van der Waals surface area contributed by atoms with Crippen LogP contribution in [0.1, 0.15) is 34.3 Å². The number of nitrogens with one attached hydrogen (secondary N) is 2. The molecule has 2 N–H and O–H groups in total. The van der Waals surface area contributed by atoms with Crippen LogP contribution in [0.15, 0.2) is 21.7 Å². The van der Waals surface area contributed by atoms with Crippen molar-refractivity contribution in [2.24, 2.45) is 5.16 Å². The van der Waals surface area contributed by atoms with Crippen LogP contribution < -0.4 is 10.6 Å². The summed E-state index contributed by atoms with van der Waals surface area (Å²) < 4.78 is 45.1. The van der Waals surface area contributed by atoms with E-state index in [2.05, 4.69) is 30.8 Å². The molecule has 1 aromatic heterocycles. The highest BCUT2D eigenvalue weighted by Crippen LogP contribution is 2.36. The second-order valence-electron chi connectivity index (χ2n) is 5.64. The quantitative estimate of drug-likeness (QED) is 0.526. The van der Waals surface area contributed by atoms with Crippen LogP contribution in [0.25, 0.3) is 0 Å². The average Bonchev–Trinajstić information content (AvgIpc) is 3.00. The zero-order valence-electron chi connectivity index (χ0n) is 15.1. The van der Waals surface area contributed by atoms with E-state index in [9.17, 15) is 18.0 Å². The van der Waals surface area contributed by atoms with E-state index in [4.69, 9.17) is 16.0 Å². The number of hydrogen-bond donors (Lipinski definition) is 2. The Kier molecular flexibility index (Phi) is 6.97. The third-order valence-corrected chi connectivity index (χ3v) is 3.90. The van der Waals surface area contributed by atoms with E-state index in [1.807, 2.05) is 0 Å². The summed E-state index contributed by atoms with van der Waals surface area (Å²) in [4.78, 5) is 16.9. The lowest BCUT2D eigenvalue weighted by atomic mass is 10.0. The van der Waals surface area contributed by atoms with E-state index >= 15 is 0 Å². The first-order valence-electron chi connectivity index (χ1n) is 7.90. The van der Waals surface area contributed by atoms with Gasteiger partial charge in [0.15, 0.2) is 0 Å². The van der Waals surface area contributed by atoms with Crippen LogP contribution >= 0.6 is 11.6 Å². The molecule has 12 heteroatoms. The lowest BCUT2D eigenvalue weighted by molar-refractivity contribution is -0.138. The molecule has 152 valence electrons. The SMILES string of the molecule is CO/N=C(\C)CNCc1c(C(F)(F)F)ccc(C(=O)Nc2nnc(C)o2)c1Cl. The largest absolute Gasteiger partial charge is 0.416 e. The molecule has 2 aromatic rings. The lowest BCUT2D eigenvalue weighted by Crippen LogP contribution is -2.24. The normalized spacial score (nSPS) is 12.2. The first-order valence-corrected chi connectivity index (χ1v) is 8.28. The molecule has 0 aliphatic heterocycles. The minimum absolute atomic E-state index is 0.162. The highest BCUT2D eigenvalue weighted by molar-refractivity contribution is 6.35. The molecular formula is C16H17ClF3N5O3. The number of halogens is 4. The van der Waals surface area contributed by atoms with Gasteiger partial charge in [-0.2, -0.15) is 13.2 Å². The molecule has 0 aliphatic carbocycles. The maximum Gasteiger partial charge on any atom is 0.416 e. The minimum atomic E-state index is -4.64. The zero-order chi connectivity index (χ0) is 20.9. The van der Waals surface area contributed by atoms with Gasteiger partial charge in [-0.15, -0.1) is 5.10 Å². The fraction of sp³-hybridized carbons (Fsp3) is 0.375. The Labute approximate surface area is 163 Å². The van der Waals surface area contributed by atoms with E-state index in [0.717, 1.165) is 12.1 Å². The highest BCUT2D eigenvalue weighted by Gasteiger charge is 2.35. The average molecular weight is 420 g/mol. The van der Waals surface area contributed by atoms with Crippen LogP contribution in [0.3, 0.4) is 0 Å². The number of aromatic nitrogens is 2. The number of carbonyl (C=O) groups excluding carboxylic acids is 1. The van der Waals surface area contributed by atoms with E-state index in [0.29, 0.717) is 5.71 Å². The summed E-state index contributed by atoms with van der Waals surface area (Å²) in [5.74, 6) is -0.562. The minimum Gasteiger partial charge on any atom is -0.408 e. The van der Waals surface area contributed by atoms with Crippen molar-refractivity contribution in [2.75, 3.05) is 19.0 Å². The van der Waals surface area contributed by atoms with Crippen molar-refractivity contribution in [1.82, 2.24) is 15.5 Å². The predicted octanol–water partition coefficient (Wildman–Crippen LogP) is 3.41. The van der Waals surface area contributed by atoms with Crippen LogP contribution in [0.2, 0.25) is 5.02 Å². The summed E-state index contributed by atoms with van der Waals surface area (Å²) in [6.45, 7) is 3.08. The van der Waals surface area contributed by atoms with Gasteiger partial charge in [0.05, 0.1) is 21.9 Å². The number of alkyl halides is 3. The molecule has 2 rings (SSSR count). The number of rotatable bonds is 7. The maximum atomic E-state index is 13.4. The molecule has 0 bridgehead atoms. The van der Waals surface area contributed by atoms with Crippen molar-refractivity contribution in [3.05, 3.63) is 39.7 Å². The molecule has 1 heterocycles. The van der Waals surface area contributed by atoms with Crippen LogP contribution in [0.4, 0.5) is 19.2 Å². The molecule has 1 aromatic carbocycles. The number of carbonyl (C=O) groups is 1. The Morgan fingerprint density at radius 3 is 2.64 bits per heavy atom. The molecule has 0 aliphatic rings. The molecule has 0 atom stereocenters. The van der Waals surface area contributed by atoms with E-state index in [1.54, 1.807) is 6.92 Å². The van der Waals surface area contributed by atoms with Gasteiger partial charge >= 0.3 is 12.2 Å². The van der Waals surface area contributed by atoms with Gasteiger partial charge in [0.1, 0.15) is 7.11 Å². The summed E-state index contributed by atoms with van der Waals surface area (Å²) in [5, 5.41) is 15.6. The Morgan fingerprint density at radius 1 is 1.36 bits per heavy atom. The predicted molar refractivity (Wildman–Crippen MR) is 95.3 cm³/mol. The van der Waals surface area contributed by atoms with Gasteiger partial charge < -0.3 is 14.6 Å². The fourth-order valence-corrected chi connectivity index (χ4v) is 2.62. The van der Waals surface area contributed by atoms with E-state index in [1.165, 1.54) is 14.0 Å². The summed E-state index contributed by atoms with van der Waals surface area (Å²) in [6.07, 6.45) is -4.64. The Hall–Kier alpha value is -2.66. The fourth-order valence-electron chi connectivity index (χ4n) is 2.30. The molecular weight excluding hydrogens is 403 g/mol. The number of aryl methyl sites for hydroxylation is 1. The van der Waals surface area contributed by atoms with Gasteiger partial charge in [-0.25, -0.2) is 0 Å². The Morgan fingerprint density at radius 2 is 2.07 bits per heavy atom. The molecule has 0 unspecified atom stereocenters. The third-order valence-electron chi connectivity index (χ3n) is 3.47. The number of oxime groups is 1. The van der Waals surface area contributed by atoms with Gasteiger partial charge in [-0.1, -0.05) is 21.9 Å². The van der Waals surface area contributed by atoms with Gasteiger partial charge in [0, 0.05) is 20.0 Å². The Balaban J connectivity index is 2.30. The summed E-state index contributed by atoms with van der Waals surface area (Å²) in [5.41, 5.74) is -0.859. The summed E-state index contributed by atoms with van der Waals surface area (Å²) in [7, 11) is 1.36. The number of benzene rings is 1.